The second kappa shape index (κ2) is 8.46. The van der Waals surface area contributed by atoms with Gasteiger partial charge in [-0.2, -0.15) is 0 Å². The third-order valence-electron chi connectivity index (χ3n) is 5.62. The monoisotopic (exact) mass is 324 g/mol. The molecule has 0 amide bonds. The standard InChI is InChI=1S/C23H29F/c1-2-3-4-5-18-6-8-19(9-7-18)20-10-12-21(13-11-20)22-14-16-23(24)17-15-22/h10-19H,2-9H2,1H3/t18-,19-. The van der Waals surface area contributed by atoms with Crippen LogP contribution in [0.5, 0.6) is 0 Å². The largest absolute Gasteiger partial charge is 0.207 e. The summed E-state index contributed by atoms with van der Waals surface area (Å²) in [6.45, 7) is 2.28. The van der Waals surface area contributed by atoms with Crippen LogP contribution in [0.25, 0.3) is 11.1 Å². The number of hydrogen-bond acceptors (Lipinski definition) is 0. The second-order valence-corrected chi connectivity index (χ2v) is 7.34. The van der Waals surface area contributed by atoms with Gasteiger partial charge in [-0.15, -0.1) is 0 Å². The lowest BCUT2D eigenvalue weighted by atomic mass is 9.77. The van der Waals surface area contributed by atoms with Gasteiger partial charge in [-0.25, -0.2) is 4.39 Å². The summed E-state index contributed by atoms with van der Waals surface area (Å²) in [7, 11) is 0. The highest BCUT2D eigenvalue weighted by molar-refractivity contribution is 5.63. The molecule has 0 nitrogen and oxygen atoms in total. The van der Waals surface area contributed by atoms with Crippen LogP contribution in [0.2, 0.25) is 0 Å². The van der Waals surface area contributed by atoms with Gasteiger partial charge in [-0.1, -0.05) is 69.0 Å². The van der Waals surface area contributed by atoms with Gasteiger partial charge >= 0.3 is 0 Å². The van der Waals surface area contributed by atoms with Crippen molar-refractivity contribution in [2.24, 2.45) is 5.92 Å². The van der Waals surface area contributed by atoms with Crippen molar-refractivity contribution in [2.45, 2.75) is 64.2 Å². The van der Waals surface area contributed by atoms with E-state index in [-0.39, 0.29) is 5.82 Å². The van der Waals surface area contributed by atoms with Gasteiger partial charge in [-0.05, 0) is 66.3 Å². The van der Waals surface area contributed by atoms with Crippen molar-refractivity contribution in [1.29, 1.82) is 0 Å². The minimum Gasteiger partial charge on any atom is -0.207 e. The average Bonchev–Trinajstić information content (AvgIpc) is 2.63. The van der Waals surface area contributed by atoms with E-state index < -0.39 is 0 Å². The van der Waals surface area contributed by atoms with Crippen molar-refractivity contribution in [1.82, 2.24) is 0 Å². The first kappa shape index (κ1) is 17.2. The van der Waals surface area contributed by atoms with E-state index in [0.717, 1.165) is 17.4 Å². The van der Waals surface area contributed by atoms with Crippen molar-refractivity contribution in [3.63, 3.8) is 0 Å². The van der Waals surface area contributed by atoms with Gasteiger partial charge < -0.3 is 0 Å². The summed E-state index contributed by atoms with van der Waals surface area (Å²) < 4.78 is 13.0. The molecule has 0 heterocycles. The molecule has 0 aromatic heterocycles. The van der Waals surface area contributed by atoms with Crippen LogP contribution in [0.15, 0.2) is 48.5 Å². The molecule has 0 saturated heterocycles. The summed E-state index contributed by atoms with van der Waals surface area (Å²) in [5.41, 5.74) is 3.74. The fourth-order valence-corrected chi connectivity index (χ4v) is 4.06. The van der Waals surface area contributed by atoms with E-state index >= 15 is 0 Å². The fourth-order valence-electron chi connectivity index (χ4n) is 4.06. The van der Waals surface area contributed by atoms with Crippen LogP contribution in [0, 0.1) is 11.7 Å². The maximum absolute atomic E-state index is 13.0. The predicted molar refractivity (Wildman–Crippen MR) is 101 cm³/mol. The molecule has 0 unspecified atom stereocenters. The first-order chi connectivity index (χ1) is 11.8. The van der Waals surface area contributed by atoms with Crippen LogP contribution in [0.3, 0.4) is 0 Å². The van der Waals surface area contributed by atoms with Gasteiger partial charge in [0.2, 0.25) is 0 Å². The highest BCUT2D eigenvalue weighted by Crippen LogP contribution is 2.38. The Kier molecular flexibility index (Phi) is 6.07. The first-order valence-corrected chi connectivity index (χ1v) is 9.62. The zero-order valence-corrected chi connectivity index (χ0v) is 14.8. The maximum Gasteiger partial charge on any atom is 0.123 e. The molecule has 24 heavy (non-hydrogen) atoms. The van der Waals surface area contributed by atoms with Crippen molar-refractivity contribution >= 4 is 0 Å². The molecule has 0 radical (unpaired) electrons. The molecular formula is C23H29F. The molecule has 1 aliphatic carbocycles. The van der Waals surface area contributed by atoms with Gasteiger partial charge in [0.1, 0.15) is 5.82 Å². The summed E-state index contributed by atoms with van der Waals surface area (Å²) in [6, 6.07) is 15.7. The highest BCUT2D eigenvalue weighted by atomic mass is 19.1. The minimum atomic E-state index is -0.175. The number of halogens is 1. The number of unbranched alkanes of at least 4 members (excludes halogenated alkanes) is 2. The Morgan fingerprint density at radius 3 is 1.96 bits per heavy atom. The van der Waals surface area contributed by atoms with Gasteiger partial charge in [-0.3, -0.25) is 0 Å². The summed E-state index contributed by atoms with van der Waals surface area (Å²) in [5, 5.41) is 0. The smallest absolute Gasteiger partial charge is 0.123 e. The SMILES string of the molecule is CCCCC[C@H]1CC[C@H](c2ccc(-c3ccc(F)cc3)cc2)CC1. The van der Waals surface area contributed by atoms with Gasteiger partial charge in [0.25, 0.3) is 0 Å². The number of hydrogen-bond donors (Lipinski definition) is 0. The highest BCUT2D eigenvalue weighted by Gasteiger charge is 2.21. The van der Waals surface area contributed by atoms with Crippen LogP contribution in [0.1, 0.15) is 69.8 Å². The maximum atomic E-state index is 13.0. The van der Waals surface area contributed by atoms with Crippen molar-refractivity contribution in [3.05, 3.63) is 59.9 Å². The van der Waals surface area contributed by atoms with Crippen LogP contribution < -0.4 is 0 Å². The van der Waals surface area contributed by atoms with Crippen LogP contribution >= 0.6 is 0 Å². The number of rotatable bonds is 6. The van der Waals surface area contributed by atoms with Crippen molar-refractivity contribution < 1.29 is 4.39 Å². The second-order valence-electron chi connectivity index (χ2n) is 7.34. The van der Waals surface area contributed by atoms with Crippen molar-refractivity contribution in [2.75, 3.05) is 0 Å². The van der Waals surface area contributed by atoms with Crippen LogP contribution in [0.4, 0.5) is 4.39 Å². The molecule has 0 aliphatic heterocycles. The molecule has 0 atom stereocenters. The minimum absolute atomic E-state index is 0.175. The van der Waals surface area contributed by atoms with Gasteiger partial charge in [0.15, 0.2) is 0 Å². The molecular weight excluding hydrogens is 295 g/mol. The summed E-state index contributed by atoms with van der Waals surface area (Å²) in [6.07, 6.45) is 11.0. The third-order valence-corrected chi connectivity index (χ3v) is 5.62. The molecule has 0 spiro atoms. The third kappa shape index (κ3) is 4.47. The average molecular weight is 324 g/mol. The zero-order valence-electron chi connectivity index (χ0n) is 14.8. The molecule has 1 saturated carbocycles. The Labute approximate surface area is 146 Å². The summed E-state index contributed by atoms with van der Waals surface area (Å²) in [4.78, 5) is 0. The Morgan fingerprint density at radius 1 is 0.792 bits per heavy atom. The van der Waals surface area contributed by atoms with E-state index in [0.29, 0.717) is 0 Å². The fraction of sp³-hybridized carbons (Fsp3) is 0.478. The topological polar surface area (TPSA) is 0 Å². The molecule has 1 heteroatoms. The molecule has 0 bridgehead atoms. The lowest BCUT2D eigenvalue weighted by Crippen LogP contribution is -2.13. The van der Waals surface area contributed by atoms with E-state index in [4.69, 9.17) is 0 Å². The lowest BCUT2D eigenvalue weighted by molar-refractivity contribution is 0.303. The molecule has 1 fully saturated rings. The van der Waals surface area contributed by atoms with Gasteiger partial charge in [0.05, 0.1) is 0 Å². The molecule has 1 aliphatic rings. The summed E-state index contributed by atoms with van der Waals surface area (Å²) >= 11 is 0. The Hall–Kier alpha value is -1.63. The molecule has 128 valence electrons. The van der Waals surface area contributed by atoms with E-state index in [1.54, 1.807) is 0 Å². The lowest BCUT2D eigenvalue weighted by Gasteiger charge is -2.29. The van der Waals surface area contributed by atoms with E-state index in [9.17, 15) is 4.39 Å². The molecule has 2 aromatic rings. The Morgan fingerprint density at radius 2 is 1.38 bits per heavy atom. The van der Waals surface area contributed by atoms with E-state index in [1.807, 2.05) is 12.1 Å². The van der Waals surface area contributed by atoms with E-state index in [2.05, 4.69) is 31.2 Å². The number of benzene rings is 2. The Balaban J connectivity index is 1.56. The van der Waals surface area contributed by atoms with Crippen molar-refractivity contribution in [3.8, 4) is 11.1 Å². The predicted octanol–water partition coefficient (Wildman–Crippen LogP) is 7.35. The quantitative estimate of drug-likeness (QED) is 0.487. The van der Waals surface area contributed by atoms with Crippen LogP contribution in [-0.2, 0) is 0 Å². The normalized spacial score (nSPS) is 20.9. The van der Waals surface area contributed by atoms with Gasteiger partial charge in [0, 0.05) is 0 Å². The van der Waals surface area contributed by atoms with E-state index in [1.165, 1.54) is 74.6 Å². The van der Waals surface area contributed by atoms with Crippen LogP contribution in [-0.4, -0.2) is 0 Å². The molecule has 0 N–H and O–H groups in total. The zero-order chi connectivity index (χ0) is 16.8. The first-order valence-electron chi connectivity index (χ1n) is 9.62. The molecule has 3 rings (SSSR count). The summed E-state index contributed by atoms with van der Waals surface area (Å²) in [5.74, 6) is 1.52. The Bertz CT molecular complexity index is 603. The molecule has 2 aromatic carbocycles.